The number of ether oxygens (including phenoxy) is 1. The summed E-state index contributed by atoms with van der Waals surface area (Å²) in [7, 11) is 0. The molecule has 106 valence electrons. The van der Waals surface area contributed by atoms with Crippen LogP contribution in [0.2, 0.25) is 0 Å². The van der Waals surface area contributed by atoms with Gasteiger partial charge in [0.05, 0.1) is 0 Å². The van der Waals surface area contributed by atoms with E-state index >= 15 is 0 Å². The Balaban J connectivity index is 2.22. The van der Waals surface area contributed by atoms with Gasteiger partial charge in [0.1, 0.15) is 17.9 Å². The van der Waals surface area contributed by atoms with E-state index in [0.717, 1.165) is 11.1 Å². The highest BCUT2D eigenvalue weighted by Gasteiger charge is 2.46. The van der Waals surface area contributed by atoms with Crippen LogP contribution in [0.5, 0.6) is 5.75 Å². The molecule has 0 bridgehead atoms. The first-order valence-corrected chi connectivity index (χ1v) is 6.49. The van der Waals surface area contributed by atoms with E-state index < -0.39 is 11.6 Å². The molecule has 1 heterocycles. The predicted octanol–water partition coefficient (Wildman–Crippen LogP) is 2.09. The van der Waals surface area contributed by atoms with E-state index in [2.05, 4.69) is 17.2 Å². The van der Waals surface area contributed by atoms with Crippen LogP contribution in [-0.4, -0.2) is 18.5 Å². The maximum atomic E-state index is 12.0. The molecule has 1 atom stereocenters. The van der Waals surface area contributed by atoms with Crippen LogP contribution in [0, 0.1) is 0 Å². The van der Waals surface area contributed by atoms with Crippen molar-refractivity contribution >= 4 is 11.9 Å². The first-order valence-electron chi connectivity index (χ1n) is 6.49. The van der Waals surface area contributed by atoms with Crippen molar-refractivity contribution in [2.75, 3.05) is 6.61 Å². The molecule has 5 nitrogen and oxygen atoms in total. The lowest BCUT2D eigenvalue weighted by molar-refractivity contribution is -0.124. The van der Waals surface area contributed by atoms with Crippen LogP contribution in [0.4, 0.5) is 4.79 Å². The van der Waals surface area contributed by atoms with Crippen molar-refractivity contribution in [3.8, 4) is 5.75 Å². The fourth-order valence-electron chi connectivity index (χ4n) is 2.19. The van der Waals surface area contributed by atoms with E-state index in [0.29, 0.717) is 18.8 Å². The van der Waals surface area contributed by atoms with Gasteiger partial charge in [0.15, 0.2) is 0 Å². The van der Waals surface area contributed by atoms with Gasteiger partial charge in [-0.2, -0.15) is 0 Å². The summed E-state index contributed by atoms with van der Waals surface area (Å²) >= 11 is 0. The van der Waals surface area contributed by atoms with Crippen molar-refractivity contribution in [2.45, 2.75) is 25.8 Å². The van der Waals surface area contributed by atoms with Crippen LogP contribution in [-0.2, 0) is 10.3 Å². The topological polar surface area (TPSA) is 67.4 Å². The summed E-state index contributed by atoms with van der Waals surface area (Å²) in [5.41, 5.74) is 0.691. The third-order valence-corrected chi connectivity index (χ3v) is 3.30. The molecule has 5 heteroatoms. The van der Waals surface area contributed by atoms with Crippen LogP contribution in [0.15, 0.2) is 36.4 Å². The number of hydrogen-bond acceptors (Lipinski definition) is 3. The second-order valence-electron chi connectivity index (χ2n) is 4.94. The molecule has 1 aliphatic heterocycles. The number of hydrogen-bond donors (Lipinski definition) is 2. The third-order valence-electron chi connectivity index (χ3n) is 3.30. The van der Waals surface area contributed by atoms with Crippen molar-refractivity contribution in [1.29, 1.82) is 0 Å². The van der Waals surface area contributed by atoms with E-state index in [1.165, 1.54) is 0 Å². The molecular formula is C15H18N2O3. The number of nitrogens with one attached hydrogen (secondary N) is 2. The third kappa shape index (κ3) is 2.52. The molecule has 0 radical (unpaired) electrons. The second kappa shape index (κ2) is 5.36. The molecule has 1 aromatic rings. The maximum absolute atomic E-state index is 12.0. The molecule has 2 rings (SSSR count). The van der Waals surface area contributed by atoms with Gasteiger partial charge in [-0.1, -0.05) is 25.6 Å². The minimum Gasteiger partial charge on any atom is -0.489 e. The average Bonchev–Trinajstić information content (AvgIpc) is 2.72. The Bertz CT molecular complexity index is 551. The smallest absolute Gasteiger partial charge is 0.322 e. The van der Waals surface area contributed by atoms with Gasteiger partial charge in [0.2, 0.25) is 0 Å². The molecule has 3 amide bonds. The number of amides is 3. The van der Waals surface area contributed by atoms with Crippen LogP contribution >= 0.6 is 0 Å². The fraction of sp³-hybridized carbons (Fsp3) is 0.333. The molecular weight excluding hydrogens is 256 g/mol. The van der Waals surface area contributed by atoms with Crippen molar-refractivity contribution in [1.82, 2.24) is 10.6 Å². The van der Waals surface area contributed by atoms with E-state index in [1.54, 1.807) is 24.3 Å². The lowest BCUT2D eigenvalue weighted by atomic mass is 9.87. The quantitative estimate of drug-likeness (QED) is 0.638. The molecule has 1 aromatic carbocycles. The largest absolute Gasteiger partial charge is 0.489 e. The van der Waals surface area contributed by atoms with Crippen LogP contribution in [0.1, 0.15) is 25.8 Å². The van der Waals surface area contributed by atoms with Crippen molar-refractivity contribution in [3.05, 3.63) is 42.0 Å². The van der Waals surface area contributed by atoms with E-state index in [-0.39, 0.29) is 5.91 Å². The molecule has 20 heavy (non-hydrogen) atoms. The van der Waals surface area contributed by atoms with Gasteiger partial charge in [0.25, 0.3) is 5.91 Å². The zero-order valence-corrected chi connectivity index (χ0v) is 11.7. The number of carbonyl (C=O) groups excluding carboxylic acids is 2. The van der Waals surface area contributed by atoms with Gasteiger partial charge in [-0.15, -0.1) is 0 Å². The first kappa shape index (κ1) is 14.1. The Morgan fingerprint density at radius 1 is 1.30 bits per heavy atom. The van der Waals surface area contributed by atoms with Crippen LogP contribution in [0.3, 0.4) is 0 Å². The molecule has 0 aromatic heterocycles. The Kier molecular flexibility index (Phi) is 3.79. The molecule has 0 saturated carbocycles. The molecule has 1 unspecified atom stereocenters. The SMILES string of the molecule is C=C(C)COc1ccc(C2(CC)NC(=O)NC2=O)cc1. The van der Waals surface area contributed by atoms with Gasteiger partial charge in [-0.25, -0.2) is 4.79 Å². The summed E-state index contributed by atoms with van der Waals surface area (Å²) in [6, 6.07) is 6.70. The van der Waals surface area contributed by atoms with Crippen LogP contribution in [0.25, 0.3) is 0 Å². The Hall–Kier alpha value is -2.30. The summed E-state index contributed by atoms with van der Waals surface area (Å²) in [5, 5.41) is 4.98. The minimum absolute atomic E-state index is 0.319. The summed E-state index contributed by atoms with van der Waals surface area (Å²) < 4.78 is 5.51. The summed E-state index contributed by atoms with van der Waals surface area (Å²) in [6.45, 7) is 7.97. The van der Waals surface area contributed by atoms with E-state index in [1.807, 2.05) is 13.8 Å². The zero-order valence-electron chi connectivity index (χ0n) is 11.7. The lowest BCUT2D eigenvalue weighted by Crippen LogP contribution is -2.43. The Morgan fingerprint density at radius 3 is 2.40 bits per heavy atom. The number of carbonyl (C=O) groups is 2. The first-order chi connectivity index (χ1) is 9.48. The van der Waals surface area contributed by atoms with Crippen molar-refractivity contribution in [3.63, 3.8) is 0 Å². The molecule has 0 aliphatic carbocycles. The molecule has 2 N–H and O–H groups in total. The maximum Gasteiger partial charge on any atom is 0.322 e. The predicted molar refractivity (Wildman–Crippen MR) is 75.4 cm³/mol. The van der Waals surface area contributed by atoms with Gasteiger partial charge in [-0.3, -0.25) is 10.1 Å². The molecule has 1 fully saturated rings. The highest BCUT2D eigenvalue weighted by molar-refractivity contribution is 6.07. The Labute approximate surface area is 118 Å². The second-order valence-corrected chi connectivity index (χ2v) is 4.94. The number of benzene rings is 1. The Morgan fingerprint density at radius 2 is 1.95 bits per heavy atom. The van der Waals surface area contributed by atoms with Gasteiger partial charge in [0, 0.05) is 0 Å². The summed E-state index contributed by atoms with van der Waals surface area (Å²) in [5.74, 6) is 0.383. The summed E-state index contributed by atoms with van der Waals surface area (Å²) in [4.78, 5) is 23.4. The zero-order chi connectivity index (χ0) is 14.8. The number of urea groups is 1. The number of imide groups is 1. The van der Waals surface area contributed by atoms with Crippen molar-refractivity contribution < 1.29 is 14.3 Å². The number of rotatable bonds is 5. The highest BCUT2D eigenvalue weighted by atomic mass is 16.5. The molecule has 1 aliphatic rings. The molecule has 0 spiro atoms. The van der Waals surface area contributed by atoms with E-state index in [9.17, 15) is 9.59 Å². The minimum atomic E-state index is -0.982. The van der Waals surface area contributed by atoms with Gasteiger partial charge >= 0.3 is 6.03 Å². The fourth-order valence-corrected chi connectivity index (χ4v) is 2.19. The summed E-state index contributed by atoms with van der Waals surface area (Å²) in [6.07, 6.45) is 0.483. The standard InChI is InChI=1S/C15H18N2O3/c1-4-15(13(18)16-14(19)17-15)11-5-7-12(8-6-11)20-9-10(2)3/h5-8H,2,4,9H2,1,3H3,(H2,16,17,18,19). The molecule has 1 saturated heterocycles. The lowest BCUT2D eigenvalue weighted by Gasteiger charge is -2.25. The van der Waals surface area contributed by atoms with Crippen molar-refractivity contribution in [2.24, 2.45) is 0 Å². The van der Waals surface area contributed by atoms with E-state index in [4.69, 9.17) is 4.74 Å². The average molecular weight is 274 g/mol. The normalized spacial score (nSPS) is 21.3. The highest BCUT2D eigenvalue weighted by Crippen LogP contribution is 2.29. The monoisotopic (exact) mass is 274 g/mol. The van der Waals surface area contributed by atoms with Gasteiger partial charge < -0.3 is 10.1 Å². The van der Waals surface area contributed by atoms with Gasteiger partial charge in [-0.05, 0) is 36.6 Å². The van der Waals surface area contributed by atoms with Crippen LogP contribution < -0.4 is 15.4 Å².